The van der Waals surface area contributed by atoms with Crippen LogP contribution in [-0.2, 0) is 11.3 Å². The third kappa shape index (κ3) is 3.51. The molecule has 0 saturated heterocycles. The first kappa shape index (κ1) is 15.3. The monoisotopic (exact) mass is 285 g/mol. The van der Waals surface area contributed by atoms with Crippen LogP contribution in [0.2, 0.25) is 0 Å². The molecule has 112 valence electrons. The number of amides is 1. The van der Waals surface area contributed by atoms with E-state index >= 15 is 0 Å². The van der Waals surface area contributed by atoms with Crippen LogP contribution >= 0.6 is 0 Å². The lowest BCUT2D eigenvalue weighted by atomic mass is 10.2. The molecule has 0 aliphatic carbocycles. The van der Waals surface area contributed by atoms with Crippen LogP contribution in [-0.4, -0.2) is 15.5 Å². The SMILES string of the molecule is C=C(C)Cn1c([C@H](C)NC(=O)CCC)nc2ccccc21. The molecule has 0 bridgehead atoms. The molecule has 1 heterocycles. The van der Waals surface area contributed by atoms with Crippen molar-refractivity contribution in [2.45, 2.75) is 46.2 Å². The second kappa shape index (κ2) is 6.57. The van der Waals surface area contributed by atoms with Gasteiger partial charge < -0.3 is 9.88 Å². The zero-order valence-corrected chi connectivity index (χ0v) is 13.0. The Balaban J connectivity index is 2.37. The van der Waals surface area contributed by atoms with Gasteiger partial charge in [0.25, 0.3) is 0 Å². The largest absolute Gasteiger partial charge is 0.346 e. The molecule has 0 spiro atoms. The number of carbonyl (C=O) groups excluding carboxylic acids is 1. The van der Waals surface area contributed by atoms with Crippen molar-refractivity contribution in [1.82, 2.24) is 14.9 Å². The van der Waals surface area contributed by atoms with E-state index in [2.05, 4.69) is 27.5 Å². The molecule has 0 aliphatic rings. The van der Waals surface area contributed by atoms with Gasteiger partial charge >= 0.3 is 0 Å². The molecular weight excluding hydrogens is 262 g/mol. The molecule has 1 amide bonds. The maximum atomic E-state index is 11.8. The second-order valence-electron chi connectivity index (χ2n) is 5.54. The number of carbonyl (C=O) groups is 1. The molecule has 0 aliphatic heterocycles. The number of hydrogen-bond donors (Lipinski definition) is 1. The summed E-state index contributed by atoms with van der Waals surface area (Å²) in [7, 11) is 0. The van der Waals surface area contributed by atoms with Gasteiger partial charge in [-0.25, -0.2) is 4.98 Å². The average Bonchev–Trinajstić information content (AvgIpc) is 2.77. The van der Waals surface area contributed by atoms with E-state index in [9.17, 15) is 4.79 Å². The zero-order valence-electron chi connectivity index (χ0n) is 13.0. The number of nitrogens with one attached hydrogen (secondary N) is 1. The highest BCUT2D eigenvalue weighted by Gasteiger charge is 2.17. The first-order chi connectivity index (χ1) is 10.0. The molecule has 1 N–H and O–H groups in total. The summed E-state index contributed by atoms with van der Waals surface area (Å²) in [6, 6.07) is 7.91. The standard InChI is InChI=1S/C17H23N3O/c1-5-8-16(21)18-13(4)17-19-14-9-6-7-10-15(14)20(17)11-12(2)3/h6-7,9-10,13H,2,5,8,11H2,1,3-4H3,(H,18,21)/t13-/m0/s1. The molecule has 1 aromatic carbocycles. The average molecular weight is 285 g/mol. The lowest BCUT2D eigenvalue weighted by molar-refractivity contribution is -0.121. The first-order valence-corrected chi connectivity index (χ1v) is 7.41. The fourth-order valence-corrected chi connectivity index (χ4v) is 2.47. The summed E-state index contributed by atoms with van der Waals surface area (Å²) in [6.07, 6.45) is 1.39. The van der Waals surface area contributed by atoms with Gasteiger partial charge in [0.2, 0.25) is 5.91 Å². The summed E-state index contributed by atoms with van der Waals surface area (Å²) < 4.78 is 2.13. The van der Waals surface area contributed by atoms with Crippen molar-refractivity contribution < 1.29 is 4.79 Å². The van der Waals surface area contributed by atoms with Crippen LogP contribution in [0.4, 0.5) is 0 Å². The molecule has 1 aromatic heterocycles. The van der Waals surface area contributed by atoms with Gasteiger partial charge in [-0.1, -0.05) is 31.2 Å². The maximum Gasteiger partial charge on any atom is 0.220 e. The van der Waals surface area contributed by atoms with Gasteiger partial charge in [-0.05, 0) is 32.4 Å². The fourth-order valence-electron chi connectivity index (χ4n) is 2.47. The number of fused-ring (bicyclic) bond motifs is 1. The molecule has 2 rings (SSSR count). The van der Waals surface area contributed by atoms with E-state index in [1.165, 1.54) is 0 Å². The number of nitrogens with zero attached hydrogens (tertiary/aromatic N) is 2. The molecular formula is C17H23N3O. The van der Waals surface area contributed by atoms with E-state index in [0.29, 0.717) is 13.0 Å². The Morgan fingerprint density at radius 2 is 2.14 bits per heavy atom. The molecule has 1 atom stereocenters. The Morgan fingerprint density at radius 3 is 2.81 bits per heavy atom. The highest BCUT2D eigenvalue weighted by atomic mass is 16.1. The van der Waals surface area contributed by atoms with Gasteiger partial charge in [-0.15, -0.1) is 0 Å². The van der Waals surface area contributed by atoms with E-state index in [1.807, 2.05) is 39.0 Å². The van der Waals surface area contributed by atoms with E-state index in [-0.39, 0.29) is 11.9 Å². The minimum Gasteiger partial charge on any atom is -0.346 e. The van der Waals surface area contributed by atoms with Gasteiger partial charge in [-0.2, -0.15) is 0 Å². The second-order valence-corrected chi connectivity index (χ2v) is 5.54. The molecule has 0 saturated carbocycles. The van der Waals surface area contributed by atoms with Crippen molar-refractivity contribution in [3.8, 4) is 0 Å². The quantitative estimate of drug-likeness (QED) is 0.824. The number of rotatable bonds is 6. The molecule has 4 heteroatoms. The molecule has 21 heavy (non-hydrogen) atoms. The molecule has 0 unspecified atom stereocenters. The van der Waals surface area contributed by atoms with Gasteiger partial charge in [0, 0.05) is 13.0 Å². The number of allylic oxidation sites excluding steroid dienone is 1. The van der Waals surface area contributed by atoms with Crippen molar-refractivity contribution in [2.24, 2.45) is 0 Å². The van der Waals surface area contributed by atoms with Gasteiger partial charge in [0.15, 0.2) is 0 Å². The van der Waals surface area contributed by atoms with Crippen LogP contribution in [0, 0.1) is 0 Å². The summed E-state index contributed by atoms with van der Waals surface area (Å²) >= 11 is 0. The lowest BCUT2D eigenvalue weighted by Gasteiger charge is -2.16. The molecule has 2 aromatic rings. The van der Waals surface area contributed by atoms with Crippen LogP contribution in [0.3, 0.4) is 0 Å². The maximum absolute atomic E-state index is 11.8. The highest BCUT2D eigenvalue weighted by Crippen LogP contribution is 2.22. The fraction of sp³-hybridized carbons (Fsp3) is 0.412. The molecule has 0 fully saturated rings. The molecule has 0 radical (unpaired) electrons. The summed E-state index contributed by atoms with van der Waals surface area (Å²) in [5.41, 5.74) is 3.09. The van der Waals surface area contributed by atoms with Crippen LogP contribution in [0.1, 0.15) is 45.5 Å². The Kier molecular flexibility index (Phi) is 4.78. The molecule has 4 nitrogen and oxygen atoms in total. The third-order valence-electron chi connectivity index (χ3n) is 3.35. The van der Waals surface area contributed by atoms with E-state index < -0.39 is 0 Å². The van der Waals surface area contributed by atoms with Crippen LogP contribution in [0.25, 0.3) is 11.0 Å². The van der Waals surface area contributed by atoms with Crippen molar-refractivity contribution in [3.05, 3.63) is 42.2 Å². The third-order valence-corrected chi connectivity index (χ3v) is 3.35. The van der Waals surface area contributed by atoms with Gasteiger partial charge in [-0.3, -0.25) is 4.79 Å². The minimum absolute atomic E-state index is 0.0685. The van der Waals surface area contributed by atoms with E-state index in [0.717, 1.165) is 28.9 Å². The highest BCUT2D eigenvalue weighted by molar-refractivity contribution is 5.78. The van der Waals surface area contributed by atoms with E-state index in [1.54, 1.807) is 0 Å². The Hall–Kier alpha value is -2.10. The topological polar surface area (TPSA) is 46.9 Å². The summed E-state index contributed by atoms with van der Waals surface area (Å²) in [5.74, 6) is 0.947. The Morgan fingerprint density at radius 1 is 1.43 bits per heavy atom. The number of para-hydroxylation sites is 2. The zero-order chi connectivity index (χ0) is 15.4. The number of hydrogen-bond acceptors (Lipinski definition) is 2. The van der Waals surface area contributed by atoms with Crippen molar-refractivity contribution in [2.75, 3.05) is 0 Å². The summed E-state index contributed by atoms with van der Waals surface area (Å²) in [4.78, 5) is 16.5. The number of imidazole rings is 1. The normalized spacial score (nSPS) is 12.3. The smallest absolute Gasteiger partial charge is 0.220 e. The number of benzene rings is 1. The minimum atomic E-state index is -0.115. The Bertz CT molecular complexity index is 657. The number of aromatic nitrogens is 2. The van der Waals surface area contributed by atoms with Crippen LogP contribution in [0.5, 0.6) is 0 Å². The predicted octanol–water partition coefficient (Wildman–Crippen LogP) is 3.59. The van der Waals surface area contributed by atoms with Gasteiger partial charge in [0.05, 0.1) is 17.1 Å². The lowest BCUT2D eigenvalue weighted by Crippen LogP contribution is -2.28. The van der Waals surface area contributed by atoms with Crippen molar-refractivity contribution >= 4 is 16.9 Å². The van der Waals surface area contributed by atoms with Crippen molar-refractivity contribution in [3.63, 3.8) is 0 Å². The van der Waals surface area contributed by atoms with Gasteiger partial charge in [0.1, 0.15) is 5.82 Å². The predicted molar refractivity (Wildman–Crippen MR) is 86.0 cm³/mol. The van der Waals surface area contributed by atoms with E-state index in [4.69, 9.17) is 0 Å². The van der Waals surface area contributed by atoms with Crippen LogP contribution < -0.4 is 5.32 Å². The Labute approximate surface area is 125 Å². The first-order valence-electron chi connectivity index (χ1n) is 7.41. The van der Waals surface area contributed by atoms with Crippen LogP contribution in [0.15, 0.2) is 36.4 Å². The van der Waals surface area contributed by atoms with Crippen molar-refractivity contribution in [1.29, 1.82) is 0 Å². The summed E-state index contributed by atoms with van der Waals surface area (Å²) in [6.45, 7) is 10.7. The summed E-state index contributed by atoms with van der Waals surface area (Å²) in [5, 5.41) is 3.02.